The molecule has 26 heavy (non-hydrogen) atoms. The third-order valence-corrected chi connectivity index (χ3v) is 3.94. The Kier molecular flexibility index (Phi) is 4.99. The number of nitrogens with one attached hydrogen (secondary N) is 1. The van der Waals surface area contributed by atoms with Gasteiger partial charge in [0.1, 0.15) is 11.4 Å². The van der Waals surface area contributed by atoms with Crippen molar-refractivity contribution in [2.75, 3.05) is 7.11 Å². The lowest BCUT2D eigenvalue weighted by molar-refractivity contribution is -0.132. The van der Waals surface area contributed by atoms with Gasteiger partial charge in [0.2, 0.25) is 0 Å². The van der Waals surface area contributed by atoms with Gasteiger partial charge in [0.05, 0.1) is 7.11 Å². The first-order valence-electron chi connectivity index (χ1n) is 7.96. The molecule has 3 aromatic rings. The molecular formula is C21H17NO4. The van der Waals surface area contributed by atoms with Crippen molar-refractivity contribution in [1.29, 1.82) is 0 Å². The van der Waals surface area contributed by atoms with Gasteiger partial charge in [-0.25, -0.2) is 4.79 Å². The Morgan fingerprint density at radius 2 is 1.65 bits per heavy atom. The van der Waals surface area contributed by atoms with Crippen LogP contribution in [0.1, 0.15) is 15.9 Å². The van der Waals surface area contributed by atoms with Gasteiger partial charge in [-0.2, -0.15) is 0 Å². The Labute approximate surface area is 150 Å². The number of rotatable bonds is 5. The first-order valence-corrected chi connectivity index (χ1v) is 7.96. The summed E-state index contributed by atoms with van der Waals surface area (Å²) >= 11 is 0. The van der Waals surface area contributed by atoms with Crippen LogP contribution in [0.25, 0.3) is 16.8 Å². The highest BCUT2D eigenvalue weighted by molar-refractivity contribution is 6.10. The summed E-state index contributed by atoms with van der Waals surface area (Å²) < 4.78 is 5.08. The minimum absolute atomic E-state index is 0.201. The number of hydrogen-bond acceptors (Lipinski definition) is 3. The summed E-state index contributed by atoms with van der Waals surface area (Å²) in [7, 11) is 1.55. The number of benzene rings is 3. The third kappa shape index (κ3) is 3.72. The number of carboxylic acids is 1. The minimum atomic E-state index is -1.21. The smallest absolute Gasteiger partial charge is 0.352 e. The molecule has 5 heteroatoms. The highest BCUT2D eigenvalue weighted by Gasteiger charge is 2.15. The zero-order valence-electron chi connectivity index (χ0n) is 14.1. The Morgan fingerprint density at radius 1 is 0.962 bits per heavy atom. The molecule has 0 atom stereocenters. The molecule has 0 aliphatic carbocycles. The van der Waals surface area contributed by atoms with E-state index in [4.69, 9.17) is 4.74 Å². The number of carbonyl (C=O) groups excluding carboxylic acids is 1. The Bertz CT molecular complexity index is 985. The Hall–Kier alpha value is -3.60. The van der Waals surface area contributed by atoms with Crippen molar-refractivity contribution in [3.63, 3.8) is 0 Å². The molecule has 0 saturated carbocycles. The maximum Gasteiger partial charge on any atom is 0.352 e. The summed E-state index contributed by atoms with van der Waals surface area (Å²) in [6, 6.07) is 19.7. The SMILES string of the molecule is COc1ccc(/C=C(\NC(=O)c2cccc3ccccc23)C(=O)O)cc1. The van der Waals surface area contributed by atoms with E-state index < -0.39 is 11.9 Å². The van der Waals surface area contributed by atoms with E-state index in [1.807, 2.05) is 30.3 Å². The van der Waals surface area contributed by atoms with E-state index in [1.165, 1.54) is 6.08 Å². The van der Waals surface area contributed by atoms with Crippen LogP contribution in [0.2, 0.25) is 0 Å². The van der Waals surface area contributed by atoms with Gasteiger partial charge in [-0.15, -0.1) is 0 Å². The number of amides is 1. The third-order valence-electron chi connectivity index (χ3n) is 3.94. The standard InChI is InChI=1S/C21H17NO4/c1-26-16-11-9-14(10-12-16)13-19(21(24)25)22-20(23)18-8-4-6-15-5-2-3-7-17(15)18/h2-13H,1H3,(H,22,23)(H,24,25)/b19-13-. The first-order chi connectivity index (χ1) is 12.6. The van der Waals surface area contributed by atoms with Gasteiger partial charge in [-0.3, -0.25) is 4.79 Å². The van der Waals surface area contributed by atoms with Gasteiger partial charge >= 0.3 is 5.97 Å². The van der Waals surface area contributed by atoms with E-state index in [0.29, 0.717) is 16.9 Å². The summed E-state index contributed by atoms with van der Waals surface area (Å²) in [5.74, 6) is -1.02. The molecule has 3 rings (SSSR count). The predicted octanol–water partition coefficient (Wildman–Crippen LogP) is 3.70. The second kappa shape index (κ2) is 7.53. The summed E-state index contributed by atoms with van der Waals surface area (Å²) in [5.41, 5.74) is 0.861. The van der Waals surface area contributed by atoms with Crippen LogP contribution in [0.5, 0.6) is 5.75 Å². The van der Waals surface area contributed by atoms with E-state index in [0.717, 1.165) is 10.8 Å². The lowest BCUT2D eigenvalue weighted by Gasteiger charge is -2.09. The van der Waals surface area contributed by atoms with E-state index in [9.17, 15) is 14.7 Å². The van der Waals surface area contributed by atoms with Crippen LogP contribution in [0, 0.1) is 0 Å². The van der Waals surface area contributed by atoms with Crippen LogP contribution in [0.4, 0.5) is 0 Å². The van der Waals surface area contributed by atoms with E-state index in [1.54, 1.807) is 43.5 Å². The van der Waals surface area contributed by atoms with Crippen LogP contribution in [0.3, 0.4) is 0 Å². The number of ether oxygens (including phenoxy) is 1. The summed E-state index contributed by atoms with van der Waals surface area (Å²) in [6.45, 7) is 0. The van der Waals surface area contributed by atoms with Gasteiger partial charge in [0, 0.05) is 5.56 Å². The van der Waals surface area contributed by atoms with E-state index >= 15 is 0 Å². The number of aliphatic carboxylic acids is 1. The molecule has 0 aliphatic heterocycles. The molecule has 130 valence electrons. The lowest BCUT2D eigenvalue weighted by atomic mass is 10.0. The minimum Gasteiger partial charge on any atom is -0.497 e. The zero-order chi connectivity index (χ0) is 18.5. The second-order valence-electron chi connectivity index (χ2n) is 5.62. The van der Waals surface area contributed by atoms with Gasteiger partial charge in [0.25, 0.3) is 5.91 Å². The number of fused-ring (bicyclic) bond motifs is 1. The van der Waals surface area contributed by atoms with Crippen molar-refractivity contribution in [3.8, 4) is 5.75 Å². The fourth-order valence-electron chi connectivity index (χ4n) is 2.63. The lowest BCUT2D eigenvalue weighted by Crippen LogP contribution is -2.27. The van der Waals surface area contributed by atoms with E-state index in [-0.39, 0.29) is 5.70 Å². The van der Waals surface area contributed by atoms with Crippen molar-refractivity contribution in [2.24, 2.45) is 0 Å². The molecule has 3 aromatic carbocycles. The van der Waals surface area contributed by atoms with Crippen LogP contribution >= 0.6 is 0 Å². The second-order valence-corrected chi connectivity index (χ2v) is 5.62. The molecule has 0 fully saturated rings. The Morgan fingerprint density at radius 3 is 2.35 bits per heavy atom. The molecule has 0 aliphatic rings. The van der Waals surface area contributed by atoms with Crippen molar-refractivity contribution < 1.29 is 19.4 Å². The van der Waals surface area contributed by atoms with Crippen molar-refractivity contribution in [1.82, 2.24) is 5.32 Å². The maximum atomic E-state index is 12.6. The average molecular weight is 347 g/mol. The largest absolute Gasteiger partial charge is 0.497 e. The zero-order valence-corrected chi connectivity index (χ0v) is 14.1. The van der Waals surface area contributed by atoms with E-state index in [2.05, 4.69) is 5.32 Å². The van der Waals surface area contributed by atoms with Gasteiger partial charge in [0.15, 0.2) is 0 Å². The van der Waals surface area contributed by atoms with Crippen LogP contribution in [-0.2, 0) is 4.79 Å². The molecule has 0 heterocycles. The number of hydrogen-bond donors (Lipinski definition) is 2. The average Bonchev–Trinajstić information content (AvgIpc) is 2.67. The normalized spacial score (nSPS) is 11.2. The predicted molar refractivity (Wildman–Crippen MR) is 100 cm³/mol. The molecule has 0 bridgehead atoms. The summed E-state index contributed by atoms with van der Waals surface area (Å²) in [4.78, 5) is 24.2. The number of carboxylic acid groups (broad SMARTS) is 1. The molecule has 0 spiro atoms. The van der Waals surface area contributed by atoms with Gasteiger partial charge < -0.3 is 15.2 Å². The first kappa shape index (κ1) is 17.2. The molecule has 0 unspecified atom stereocenters. The van der Waals surface area contributed by atoms with Crippen molar-refractivity contribution >= 4 is 28.7 Å². The maximum absolute atomic E-state index is 12.6. The van der Waals surface area contributed by atoms with Crippen molar-refractivity contribution in [2.45, 2.75) is 0 Å². The fourth-order valence-corrected chi connectivity index (χ4v) is 2.63. The fraction of sp³-hybridized carbons (Fsp3) is 0.0476. The van der Waals surface area contributed by atoms with Crippen LogP contribution < -0.4 is 10.1 Å². The van der Waals surface area contributed by atoms with Crippen LogP contribution in [0.15, 0.2) is 72.4 Å². The quantitative estimate of drug-likeness (QED) is 0.690. The number of methoxy groups -OCH3 is 1. The highest BCUT2D eigenvalue weighted by Crippen LogP contribution is 2.19. The molecule has 0 radical (unpaired) electrons. The Balaban J connectivity index is 1.90. The van der Waals surface area contributed by atoms with Crippen molar-refractivity contribution in [3.05, 3.63) is 83.6 Å². The molecule has 0 saturated heterocycles. The molecule has 1 amide bonds. The number of carbonyl (C=O) groups is 2. The molecule has 5 nitrogen and oxygen atoms in total. The van der Waals surface area contributed by atoms with Gasteiger partial charge in [-0.05, 0) is 40.6 Å². The monoisotopic (exact) mass is 347 g/mol. The molecule has 0 aromatic heterocycles. The van der Waals surface area contributed by atoms with Crippen LogP contribution in [-0.4, -0.2) is 24.1 Å². The summed E-state index contributed by atoms with van der Waals surface area (Å²) in [6.07, 6.45) is 1.41. The molecule has 2 N–H and O–H groups in total. The summed E-state index contributed by atoms with van der Waals surface area (Å²) in [5, 5.41) is 13.6. The topological polar surface area (TPSA) is 75.6 Å². The van der Waals surface area contributed by atoms with Gasteiger partial charge in [-0.1, -0.05) is 48.5 Å². The highest BCUT2D eigenvalue weighted by atomic mass is 16.5. The molecular weight excluding hydrogens is 330 g/mol.